The van der Waals surface area contributed by atoms with E-state index >= 15 is 0 Å². The zero-order valence-corrected chi connectivity index (χ0v) is 21.8. The topological polar surface area (TPSA) is 93.7 Å². The van der Waals surface area contributed by atoms with Crippen LogP contribution in [0.4, 0.5) is 10.7 Å². The molecule has 7 nitrogen and oxygen atoms in total. The zero-order valence-electron chi connectivity index (χ0n) is 20.3. The lowest BCUT2D eigenvalue weighted by atomic mass is 9.88. The number of rotatable bonds is 7. The van der Waals surface area contributed by atoms with E-state index in [0.29, 0.717) is 38.5 Å². The van der Waals surface area contributed by atoms with Gasteiger partial charge in [-0.3, -0.25) is 9.59 Å². The minimum atomic E-state index is -0.444. The molecule has 1 aliphatic carbocycles. The molecule has 1 atom stereocenters. The third-order valence-corrected chi connectivity index (χ3v) is 7.48. The average Bonchev–Trinajstić information content (AvgIpc) is 3.20. The molecule has 1 heterocycles. The third-order valence-electron chi connectivity index (χ3n) is 6.08. The number of ether oxygens (including phenoxy) is 2. The number of benzene rings is 2. The third kappa shape index (κ3) is 5.88. The van der Waals surface area contributed by atoms with Crippen molar-refractivity contribution in [2.24, 2.45) is 5.92 Å². The molecule has 1 aliphatic rings. The molecule has 0 bridgehead atoms. The Balaban J connectivity index is 1.36. The first kappa shape index (κ1) is 25.7. The average molecular weight is 527 g/mol. The van der Waals surface area contributed by atoms with Crippen LogP contribution in [0.1, 0.15) is 50.1 Å². The van der Waals surface area contributed by atoms with E-state index in [1.807, 2.05) is 6.92 Å². The molecule has 3 aromatic rings. The number of thiophene rings is 1. The molecule has 0 saturated heterocycles. The number of amides is 2. The summed E-state index contributed by atoms with van der Waals surface area (Å²) < 4.78 is 10.6. The molecule has 36 heavy (non-hydrogen) atoms. The molecule has 1 unspecified atom stereocenters. The molecule has 0 spiro atoms. The number of halogens is 1. The van der Waals surface area contributed by atoms with Gasteiger partial charge >= 0.3 is 5.97 Å². The van der Waals surface area contributed by atoms with Crippen LogP contribution < -0.4 is 15.4 Å². The highest BCUT2D eigenvalue weighted by molar-refractivity contribution is 7.17. The number of aryl methyl sites for hydroxylation is 1. The van der Waals surface area contributed by atoms with Gasteiger partial charge in [0.05, 0.1) is 12.7 Å². The number of nitrogens with one attached hydrogen (secondary N) is 2. The Hall–Kier alpha value is -3.36. The monoisotopic (exact) mass is 526 g/mol. The van der Waals surface area contributed by atoms with E-state index in [4.69, 9.17) is 21.1 Å². The van der Waals surface area contributed by atoms with Gasteiger partial charge in [-0.1, -0.05) is 18.5 Å². The molecule has 4 rings (SSSR count). The van der Waals surface area contributed by atoms with E-state index in [1.54, 1.807) is 42.5 Å². The number of fused-ring (bicyclic) bond motifs is 1. The Morgan fingerprint density at radius 2 is 1.86 bits per heavy atom. The second-order valence-electron chi connectivity index (χ2n) is 8.82. The molecular weight excluding hydrogens is 500 g/mol. The molecule has 2 aromatic carbocycles. The quantitative estimate of drug-likeness (QED) is 0.374. The van der Waals surface area contributed by atoms with Gasteiger partial charge in [0.2, 0.25) is 0 Å². The molecular formula is C27H27ClN2O5S. The Labute approximate surface area is 218 Å². The molecule has 2 N–H and O–H groups in total. The first-order valence-corrected chi connectivity index (χ1v) is 12.8. The van der Waals surface area contributed by atoms with Crippen LogP contribution in [0.2, 0.25) is 5.02 Å². The standard InChI is InChI=1S/C27H27ClN2O5S/c1-15-4-10-20-22(12-15)36-26(24(20)27(33)34-3)30-23(31)14-35-19-8-5-17(6-9-19)25(32)29-21-11-7-18(28)13-16(21)2/h5-9,11,13,15H,4,10,12,14H2,1-3H3,(H,29,32)(H,30,31). The fraction of sp³-hybridized carbons (Fsp3) is 0.296. The molecule has 188 valence electrons. The second-order valence-corrected chi connectivity index (χ2v) is 10.4. The number of hydrogen-bond acceptors (Lipinski definition) is 6. The number of hydrogen-bond donors (Lipinski definition) is 2. The van der Waals surface area contributed by atoms with E-state index in [9.17, 15) is 14.4 Å². The summed E-state index contributed by atoms with van der Waals surface area (Å²) in [5.41, 5.74) is 3.41. The molecule has 0 aliphatic heterocycles. The minimum Gasteiger partial charge on any atom is -0.484 e. The van der Waals surface area contributed by atoms with E-state index in [0.717, 1.165) is 35.3 Å². The van der Waals surface area contributed by atoms with Crippen molar-refractivity contribution in [1.29, 1.82) is 0 Å². The minimum absolute atomic E-state index is 0.241. The van der Waals surface area contributed by atoms with E-state index < -0.39 is 5.97 Å². The lowest BCUT2D eigenvalue weighted by Crippen LogP contribution is -2.21. The van der Waals surface area contributed by atoms with Gasteiger partial charge < -0.3 is 20.1 Å². The van der Waals surface area contributed by atoms with Crippen LogP contribution >= 0.6 is 22.9 Å². The van der Waals surface area contributed by atoms with Crippen LogP contribution in [-0.4, -0.2) is 31.5 Å². The number of anilines is 2. The number of esters is 1. The molecule has 0 radical (unpaired) electrons. The smallest absolute Gasteiger partial charge is 0.341 e. The van der Waals surface area contributed by atoms with Crippen molar-refractivity contribution in [3.63, 3.8) is 0 Å². The van der Waals surface area contributed by atoms with Crippen molar-refractivity contribution in [1.82, 2.24) is 0 Å². The summed E-state index contributed by atoms with van der Waals surface area (Å²) in [6.07, 6.45) is 2.67. The highest BCUT2D eigenvalue weighted by atomic mass is 35.5. The van der Waals surface area contributed by atoms with Crippen LogP contribution in [0.5, 0.6) is 5.75 Å². The first-order valence-electron chi connectivity index (χ1n) is 11.6. The maximum Gasteiger partial charge on any atom is 0.341 e. The Morgan fingerprint density at radius 3 is 2.56 bits per heavy atom. The number of carbonyl (C=O) groups is 3. The Kier molecular flexibility index (Phi) is 7.96. The van der Waals surface area contributed by atoms with E-state index in [-0.39, 0.29) is 18.4 Å². The summed E-state index contributed by atoms with van der Waals surface area (Å²) in [7, 11) is 1.34. The number of methoxy groups -OCH3 is 1. The van der Waals surface area contributed by atoms with Crippen LogP contribution in [0.15, 0.2) is 42.5 Å². The van der Waals surface area contributed by atoms with Crippen LogP contribution in [0.3, 0.4) is 0 Å². The van der Waals surface area contributed by atoms with E-state index in [2.05, 4.69) is 17.6 Å². The summed E-state index contributed by atoms with van der Waals surface area (Å²) in [6.45, 7) is 3.80. The fourth-order valence-electron chi connectivity index (χ4n) is 4.13. The molecule has 9 heteroatoms. The van der Waals surface area contributed by atoms with Crippen molar-refractivity contribution in [2.75, 3.05) is 24.4 Å². The lowest BCUT2D eigenvalue weighted by Gasteiger charge is -2.18. The lowest BCUT2D eigenvalue weighted by molar-refractivity contribution is -0.118. The van der Waals surface area contributed by atoms with Gasteiger partial charge in [0, 0.05) is 21.2 Å². The first-order chi connectivity index (χ1) is 17.2. The largest absolute Gasteiger partial charge is 0.484 e. The van der Waals surface area contributed by atoms with Crippen LogP contribution in [0, 0.1) is 12.8 Å². The van der Waals surface area contributed by atoms with Gasteiger partial charge in [0.15, 0.2) is 6.61 Å². The molecule has 0 saturated carbocycles. The normalized spacial score (nSPS) is 14.5. The van der Waals surface area contributed by atoms with Crippen LogP contribution in [-0.2, 0) is 22.4 Å². The van der Waals surface area contributed by atoms with Gasteiger partial charge in [0.1, 0.15) is 10.8 Å². The Morgan fingerprint density at radius 1 is 1.11 bits per heavy atom. The molecule has 1 aromatic heterocycles. The molecule has 2 amide bonds. The maximum atomic E-state index is 12.6. The summed E-state index contributed by atoms with van der Waals surface area (Å²) in [4.78, 5) is 38.7. The summed E-state index contributed by atoms with van der Waals surface area (Å²) >= 11 is 7.39. The van der Waals surface area contributed by atoms with Gasteiger partial charge in [0.25, 0.3) is 11.8 Å². The zero-order chi connectivity index (χ0) is 25.8. The highest BCUT2D eigenvalue weighted by Crippen LogP contribution is 2.40. The van der Waals surface area contributed by atoms with Gasteiger partial charge in [-0.25, -0.2) is 4.79 Å². The number of carbonyl (C=O) groups excluding carboxylic acids is 3. The summed E-state index contributed by atoms with van der Waals surface area (Å²) in [5.74, 6) is -0.116. The summed E-state index contributed by atoms with van der Waals surface area (Å²) in [6, 6.07) is 11.7. The van der Waals surface area contributed by atoms with Gasteiger partial charge in [-0.05, 0) is 85.7 Å². The van der Waals surface area contributed by atoms with E-state index in [1.165, 1.54) is 18.4 Å². The van der Waals surface area contributed by atoms with Crippen LogP contribution in [0.25, 0.3) is 0 Å². The van der Waals surface area contributed by atoms with Crippen molar-refractivity contribution in [3.8, 4) is 5.75 Å². The molecule has 0 fully saturated rings. The van der Waals surface area contributed by atoms with Crippen molar-refractivity contribution in [2.45, 2.75) is 33.1 Å². The van der Waals surface area contributed by atoms with Crippen molar-refractivity contribution >= 4 is 51.4 Å². The highest BCUT2D eigenvalue weighted by Gasteiger charge is 2.29. The second kappa shape index (κ2) is 11.1. The fourth-order valence-corrected chi connectivity index (χ4v) is 5.77. The predicted molar refractivity (Wildman–Crippen MR) is 142 cm³/mol. The van der Waals surface area contributed by atoms with Crippen molar-refractivity contribution < 1.29 is 23.9 Å². The van der Waals surface area contributed by atoms with Gasteiger partial charge in [-0.15, -0.1) is 11.3 Å². The van der Waals surface area contributed by atoms with Gasteiger partial charge in [-0.2, -0.15) is 0 Å². The Bertz CT molecular complexity index is 1300. The maximum absolute atomic E-state index is 12.6. The van der Waals surface area contributed by atoms with Crippen molar-refractivity contribution in [3.05, 3.63) is 74.6 Å². The summed E-state index contributed by atoms with van der Waals surface area (Å²) in [5, 5.41) is 6.77. The predicted octanol–water partition coefficient (Wildman–Crippen LogP) is 5.89. The SMILES string of the molecule is COC(=O)c1c(NC(=O)COc2ccc(C(=O)Nc3ccc(Cl)cc3C)cc2)sc2c1CCC(C)C2.